The molecule has 2 N–H and O–H groups in total. The molecule has 0 spiro atoms. The number of nitrogens with zero attached hydrogens (tertiary/aromatic N) is 3. The fourth-order valence-corrected chi connectivity index (χ4v) is 1.73. The van der Waals surface area contributed by atoms with Gasteiger partial charge in [0.2, 0.25) is 0 Å². The molecule has 1 aromatic heterocycles. The Bertz CT molecular complexity index is 323. The van der Waals surface area contributed by atoms with E-state index in [1.54, 1.807) is 12.4 Å². The zero-order valence-electron chi connectivity index (χ0n) is 9.56. The highest BCUT2D eigenvalue weighted by Crippen LogP contribution is 2.27. The molecule has 0 aromatic carbocycles. The highest BCUT2D eigenvalue weighted by Gasteiger charge is 2.28. The van der Waals surface area contributed by atoms with Gasteiger partial charge in [0.05, 0.1) is 24.7 Å². The normalized spacial score (nSPS) is 15.4. The van der Waals surface area contributed by atoms with Crippen molar-refractivity contribution >= 4 is 5.82 Å². The SMILES string of the molecule is CNc1cnc(CN(CCO)C2CC2)cn1. The Kier molecular flexibility index (Phi) is 3.69. The standard InChI is InChI=1S/C11H18N4O/c1-12-11-7-13-9(6-14-11)8-15(4-5-16)10-2-3-10/h6-7,10,16H,2-5,8H2,1H3,(H,12,14). The molecule has 1 fully saturated rings. The molecule has 0 radical (unpaired) electrons. The van der Waals surface area contributed by atoms with Crippen LogP contribution in [-0.4, -0.2) is 46.2 Å². The molecule has 88 valence electrons. The van der Waals surface area contributed by atoms with E-state index >= 15 is 0 Å². The predicted octanol–water partition coefficient (Wildman–Crippen LogP) is 0.475. The second kappa shape index (κ2) is 5.23. The third kappa shape index (κ3) is 2.90. The van der Waals surface area contributed by atoms with Gasteiger partial charge in [-0.05, 0) is 12.8 Å². The summed E-state index contributed by atoms with van der Waals surface area (Å²) in [7, 11) is 1.83. The molecule has 1 aromatic rings. The lowest BCUT2D eigenvalue weighted by atomic mass is 10.3. The summed E-state index contributed by atoms with van der Waals surface area (Å²) in [4.78, 5) is 10.8. The maximum atomic E-state index is 8.99. The topological polar surface area (TPSA) is 61.3 Å². The number of nitrogens with one attached hydrogen (secondary N) is 1. The molecule has 5 nitrogen and oxygen atoms in total. The van der Waals surface area contributed by atoms with Gasteiger partial charge in [0.25, 0.3) is 0 Å². The zero-order chi connectivity index (χ0) is 11.4. The second-order valence-corrected chi connectivity index (χ2v) is 4.07. The van der Waals surface area contributed by atoms with E-state index in [0.717, 1.165) is 24.6 Å². The van der Waals surface area contributed by atoms with E-state index < -0.39 is 0 Å². The van der Waals surface area contributed by atoms with E-state index in [4.69, 9.17) is 5.11 Å². The van der Waals surface area contributed by atoms with Gasteiger partial charge in [-0.3, -0.25) is 9.88 Å². The van der Waals surface area contributed by atoms with Crippen LogP contribution in [0.2, 0.25) is 0 Å². The molecular weight excluding hydrogens is 204 g/mol. The van der Waals surface area contributed by atoms with Crippen LogP contribution in [0.3, 0.4) is 0 Å². The van der Waals surface area contributed by atoms with Crippen molar-refractivity contribution in [3.63, 3.8) is 0 Å². The molecule has 0 aliphatic heterocycles. The lowest BCUT2D eigenvalue weighted by Crippen LogP contribution is -2.29. The van der Waals surface area contributed by atoms with Crippen LogP contribution >= 0.6 is 0 Å². The van der Waals surface area contributed by atoms with E-state index in [1.165, 1.54) is 12.8 Å². The van der Waals surface area contributed by atoms with Crippen LogP contribution in [0.1, 0.15) is 18.5 Å². The maximum absolute atomic E-state index is 8.99. The first kappa shape index (κ1) is 11.3. The molecule has 5 heteroatoms. The summed E-state index contributed by atoms with van der Waals surface area (Å²) in [6.45, 7) is 1.71. The van der Waals surface area contributed by atoms with Gasteiger partial charge in [-0.15, -0.1) is 0 Å². The molecule has 1 aliphatic rings. The van der Waals surface area contributed by atoms with Crippen molar-refractivity contribution in [3.05, 3.63) is 18.1 Å². The smallest absolute Gasteiger partial charge is 0.144 e. The largest absolute Gasteiger partial charge is 0.395 e. The van der Waals surface area contributed by atoms with Crippen LogP contribution in [0.15, 0.2) is 12.4 Å². The zero-order valence-corrected chi connectivity index (χ0v) is 9.56. The van der Waals surface area contributed by atoms with Crippen LogP contribution in [0, 0.1) is 0 Å². The molecule has 0 saturated heterocycles. The fraction of sp³-hybridized carbons (Fsp3) is 0.636. The van der Waals surface area contributed by atoms with Crippen molar-refractivity contribution in [1.29, 1.82) is 0 Å². The van der Waals surface area contributed by atoms with Crippen LogP contribution < -0.4 is 5.32 Å². The lowest BCUT2D eigenvalue weighted by Gasteiger charge is -2.19. The first-order chi connectivity index (χ1) is 7.83. The number of rotatable bonds is 6. The number of aliphatic hydroxyl groups excluding tert-OH is 1. The van der Waals surface area contributed by atoms with Crippen molar-refractivity contribution in [1.82, 2.24) is 14.9 Å². The summed E-state index contributed by atoms with van der Waals surface area (Å²) < 4.78 is 0. The van der Waals surface area contributed by atoms with E-state index in [-0.39, 0.29) is 6.61 Å². The Morgan fingerprint density at radius 2 is 2.25 bits per heavy atom. The minimum atomic E-state index is 0.207. The minimum Gasteiger partial charge on any atom is -0.395 e. The van der Waals surface area contributed by atoms with Gasteiger partial charge in [-0.25, -0.2) is 4.98 Å². The van der Waals surface area contributed by atoms with Crippen molar-refractivity contribution in [2.24, 2.45) is 0 Å². The van der Waals surface area contributed by atoms with Crippen molar-refractivity contribution in [2.75, 3.05) is 25.5 Å². The molecule has 0 atom stereocenters. The molecule has 0 bridgehead atoms. The van der Waals surface area contributed by atoms with Crippen LogP contribution in [0.5, 0.6) is 0 Å². The minimum absolute atomic E-state index is 0.207. The quantitative estimate of drug-likeness (QED) is 0.733. The van der Waals surface area contributed by atoms with Gasteiger partial charge in [0.1, 0.15) is 5.82 Å². The summed E-state index contributed by atoms with van der Waals surface area (Å²) >= 11 is 0. The Labute approximate surface area is 95.5 Å². The van der Waals surface area contributed by atoms with Crippen molar-refractivity contribution < 1.29 is 5.11 Å². The first-order valence-electron chi connectivity index (χ1n) is 5.67. The second-order valence-electron chi connectivity index (χ2n) is 4.07. The molecular formula is C11H18N4O. The van der Waals surface area contributed by atoms with Crippen molar-refractivity contribution in [2.45, 2.75) is 25.4 Å². The van der Waals surface area contributed by atoms with Gasteiger partial charge in [0, 0.05) is 26.2 Å². The Balaban J connectivity index is 1.94. The highest BCUT2D eigenvalue weighted by atomic mass is 16.3. The first-order valence-corrected chi connectivity index (χ1v) is 5.67. The average Bonchev–Trinajstić information content (AvgIpc) is 3.13. The van der Waals surface area contributed by atoms with E-state index in [2.05, 4.69) is 20.2 Å². The molecule has 1 heterocycles. The molecule has 0 amide bonds. The van der Waals surface area contributed by atoms with Gasteiger partial charge >= 0.3 is 0 Å². The molecule has 16 heavy (non-hydrogen) atoms. The lowest BCUT2D eigenvalue weighted by molar-refractivity contribution is 0.182. The van der Waals surface area contributed by atoms with Gasteiger partial charge < -0.3 is 10.4 Å². The third-order valence-electron chi connectivity index (χ3n) is 2.78. The van der Waals surface area contributed by atoms with Crippen LogP contribution in [0.4, 0.5) is 5.82 Å². The average molecular weight is 222 g/mol. The summed E-state index contributed by atoms with van der Waals surface area (Å²) in [5.41, 5.74) is 0.958. The number of hydrogen-bond donors (Lipinski definition) is 2. The Morgan fingerprint density at radius 3 is 2.75 bits per heavy atom. The van der Waals surface area contributed by atoms with Gasteiger partial charge in [-0.2, -0.15) is 0 Å². The molecule has 2 rings (SSSR count). The molecule has 1 aliphatic carbocycles. The predicted molar refractivity (Wildman–Crippen MR) is 62.1 cm³/mol. The number of aliphatic hydroxyl groups is 1. The van der Waals surface area contributed by atoms with E-state index in [1.807, 2.05) is 7.05 Å². The van der Waals surface area contributed by atoms with Gasteiger partial charge in [0.15, 0.2) is 0 Å². The van der Waals surface area contributed by atoms with Crippen LogP contribution in [0.25, 0.3) is 0 Å². The van der Waals surface area contributed by atoms with Gasteiger partial charge in [-0.1, -0.05) is 0 Å². The fourth-order valence-electron chi connectivity index (χ4n) is 1.73. The third-order valence-corrected chi connectivity index (χ3v) is 2.78. The van der Waals surface area contributed by atoms with Crippen LogP contribution in [-0.2, 0) is 6.54 Å². The molecule has 1 saturated carbocycles. The van der Waals surface area contributed by atoms with Crippen molar-refractivity contribution in [3.8, 4) is 0 Å². The van der Waals surface area contributed by atoms with E-state index in [0.29, 0.717) is 6.04 Å². The highest BCUT2D eigenvalue weighted by molar-refractivity contribution is 5.29. The summed E-state index contributed by atoms with van der Waals surface area (Å²) in [5, 5.41) is 11.9. The molecule has 0 unspecified atom stereocenters. The summed E-state index contributed by atoms with van der Waals surface area (Å²) in [5.74, 6) is 0.781. The summed E-state index contributed by atoms with van der Waals surface area (Å²) in [6.07, 6.45) is 6.00. The number of hydrogen-bond acceptors (Lipinski definition) is 5. The Hall–Kier alpha value is -1.20. The summed E-state index contributed by atoms with van der Waals surface area (Å²) in [6, 6.07) is 0.637. The Morgan fingerprint density at radius 1 is 1.44 bits per heavy atom. The van der Waals surface area contributed by atoms with E-state index in [9.17, 15) is 0 Å². The number of anilines is 1. The maximum Gasteiger partial charge on any atom is 0.144 e. The number of aromatic nitrogens is 2. The monoisotopic (exact) mass is 222 g/mol.